The van der Waals surface area contributed by atoms with Crippen molar-refractivity contribution in [2.45, 2.75) is 43.2 Å². The summed E-state index contributed by atoms with van der Waals surface area (Å²) in [6, 6.07) is 9.51. The van der Waals surface area contributed by atoms with Crippen LogP contribution in [0.25, 0.3) is 0 Å². The number of hydrogen-bond acceptors (Lipinski definition) is 5. The van der Waals surface area contributed by atoms with Gasteiger partial charge in [0.15, 0.2) is 0 Å². The van der Waals surface area contributed by atoms with Crippen molar-refractivity contribution in [1.29, 1.82) is 0 Å². The van der Waals surface area contributed by atoms with Crippen molar-refractivity contribution in [2.75, 3.05) is 19.7 Å². The van der Waals surface area contributed by atoms with Gasteiger partial charge in [-0.25, -0.2) is 13.3 Å². The molecule has 0 radical (unpaired) electrons. The van der Waals surface area contributed by atoms with Gasteiger partial charge in [-0.15, -0.1) is 0 Å². The van der Waals surface area contributed by atoms with Crippen LogP contribution in [0.1, 0.15) is 25.3 Å². The molecule has 3 rings (SSSR count). The van der Waals surface area contributed by atoms with E-state index in [0.29, 0.717) is 58.8 Å². The molecule has 12 heteroatoms. The van der Waals surface area contributed by atoms with E-state index >= 15 is 0 Å². The van der Waals surface area contributed by atoms with E-state index in [4.69, 9.17) is 27.9 Å². The standard InChI is InChI=1S/C24H27Cl2N3O6S/c1-15(30)27-8-10-35-19-6-4-16(5-7-19)11-21(24(32)33)28-23(31)22-3-2-9-29(22)36(34)20-13-17(25)12-18(26)14-20/h4-7,12-14,21-22H,2-3,8-11H2,1H3,(H,27,30)(H,28,31)(H,32,33)/t21-,22-,36?/m0/s1. The zero-order chi connectivity index (χ0) is 26.2. The molecule has 194 valence electrons. The number of rotatable bonds is 11. The van der Waals surface area contributed by atoms with Crippen LogP contribution >= 0.6 is 23.2 Å². The molecule has 2 aromatic carbocycles. The van der Waals surface area contributed by atoms with E-state index in [9.17, 15) is 23.7 Å². The van der Waals surface area contributed by atoms with Crippen molar-refractivity contribution in [1.82, 2.24) is 14.9 Å². The van der Waals surface area contributed by atoms with Gasteiger partial charge in [-0.3, -0.25) is 9.59 Å². The molecule has 0 saturated carbocycles. The molecule has 1 aliphatic rings. The fourth-order valence-corrected chi connectivity index (χ4v) is 5.90. The third kappa shape index (κ3) is 7.92. The van der Waals surface area contributed by atoms with Crippen molar-refractivity contribution >= 4 is 52.0 Å². The average molecular weight is 556 g/mol. The fourth-order valence-electron chi connectivity index (χ4n) is 3.79. The van der Waals surface area contributed by atoms with E-state index in [0.717, 1.165) is 0 Å². The van der Waals surface area contributed by atoms with Gasteiger partial charge in [0.25, 0.3) is 0 Å². The number of nitrogens with one attached hydrogen (secondary N) is 2. The second kappa shape index (κ2) is 13.0. The number of carboxylic acids is 1. The van der Waals surface area contributed by atoms with E-state index in [1.165, 1.54) is 29.4 Å². The molecule has 0 aromatic heterocycles. The molecule has 2 amide bonds. The largest absolute Gasteiger partial charge is 0.492 e. The quantitative estimate of drug-likeness (QED) is 0.366. The minimum absolute atomic E-state index is 0.0625. The fraction of sp³-hybridized carbons (Fsp3) is 0.375. The van der Waals surface area contributed by atoms with E-state index < -0.39 is 34.9 Å². The van der Waals surface area contributed by atoms with E-state index in [2.05, 4.69) is 10.6 Å². The molecular formula is C24H27Cl2N3O6S. The zero-order valence-electron chi connectivity index (χ0n) is 19.5. The van der Waals surface area contributed by atoms with Crippen molar-refractivity contribution in [3.8, 4) is 5.75 Å². The van der Waals surface area contributed by atoms with Crippen LogP contribution in [0.3, 0.4) is 0 Å². The van der Waals surface area contributed by atoms with Gasteiger partial charge in [0, 0.05) is 29.9 Å². The molecule has 0 aliphatic carbocycles. The maximum Gasteiger partial charge on any atom is 0.326 e. The van der Waals surface area contributed by atoms with Gasteiger partial charge in [0.2, 0.25) is 11.8 Å². The summed E-state index contributed by atoms with van der Waals surface area (Å²) < 4.78 is 20.2. The number of benzene rings is 2. The van der Waals surface area contributed by atoms with Gasteiger partial charge in [-0.1, -0.05) is 35.3 Å². The molecule has 3 N–H and O–H groups in total. The molecule has 9 nitrogen and oxygen atoms in total. The summed E-state index contributed by atoms with van der Waals surface area (Å²) in [6.45, 7) is 2.51. The Balaban J connectivity index is 1.61. The predicted octanol–water partition coefficient (Wildman–Crippen LogP) is 2.81. The molecule has 36 heavy (non-hydrogen) atoms. The number of carboxylic acid groups (broad SMARTS) is 1. The summed E-state index contributed by atoms with van der Waals surface area (Å²) in [4.78, 5) is 36.2. The maximum atomic E-state index is 13.1. The highest BCUT2D eigenvalue weighted by molar-refractivity contribution is 7.82. The van der Waals surface area contributed by atoms with Crippen LogP contribution in [0.4, 0.5) is 0 Å². The number of aliphatic carboxylic acids is 1. The van der Waals surface area contributed by atoms with Crippen LogP contribution in [0, 0.1) is 0 Å². The number of hydrogen-bond donors (Lipinski definition) is 3. The molecular weight excluding hydrogens is 529 g/mol. The molecule has 0 spiro atoms. The van der Waals surface area contributed by atoms with Crippen LogP contribution in [-0.2, 0) is 31.8 Å². The lowest BCUT2D eigenvalue weighted by molar-refractivity contribution is -0.142. The molecule has 1 fully saturated rings. The first-order chi connectivity index (χ1) is 17.1. The summed E-state index contributed by atoms with van der Waals surface area (Å²) in [6.07, 6.45) is 1.15. The van der Waals surface area contributed by atoms with Gasteiger partial charge < -0.3 is 20.5 Å². The monoisotopic (exact) mass is 555 g/mol. The third-order valence-corrected chi connectivity index (χ3v) is 7.42. The lowest BCUT2D eigenvalue weighted by Gasteiger charge is -2.24. The lowest BCUT2D eigenvalue weighted by Crippen LogP contribution is -2.50. The highest BCUT2D eigenvalue weighted by atomic mass is 35.5. The van der Waals surface area contributed by atoms with E-state index in [-0.39, 0.29) is 12.3 Å². The average Bonchev–Trinajstić information content (AvgIpc) is 3.31. The van der Waals surface area contributed by atoms with Crippen LogP contribution < -0.4 is 15.4 Å². The van der Waals surface area contributed by atoms with Gasteiger partial charge in [-0.05, 0) is 48.7 Å². The lowest BCUT2D eigenvalue weighted by atomic mass is 10.1. The summed E-state index contributed by atoms with van der Waals surface area (Å²) in [5.74, 6) is -1.24. The minimum Gasteiger partial charge on any atom is -0.492 e. The van der Waals surface area contributed by atoms with Crippen molar-refractivity contribution in [2.24, 2.45) is 0 Å². The highest BCUT2D eigenvalue weighted by Gasteiger charge is 2.36. The van der Waals surface area contributed by atoms with Crippen LogP contribution in [0.5, 0.6) is 5.75 Å². The molecule has 1 heterocycles. The number of ether oxygens (including phenoxy) is 1. The first-order valence-corrected chi connectivity index (χ1v) is 13.1. The molecule has 1 aliphatic heterocycles. The Morgan fingerprint density at radius 3 is 2.44 bits per heavy atom. The zero-order valence-corrected chi connectivity index (χ0v) is 21.9. The number of amides is 2. The first-order valence-electron chi connectivity index (χ1n) is 11.3. The van der Waals surface area contributed by atoms with Crippen molar-refractivity contribution in [3.05, 3.63) is 58.1 Å². The highest BCUT2D eigenvalue weighted by Crippen LogP contribution is 2.27. The molecule has 1 unspecified atom stereocenters. The summed E-state index contributed by atoms with van der Waals surface area (Å²) >= 11 is 12.1. The predicted molar refractivity (Wildman–Crippen MR) is 136 cm³/mol. The van der Waals surface area contributed by atoms with Crippen molar-refractivity contribution < 1.29 is 28.4 Å². The molecule has 0 bridgehead atoms. The Morgan fingerprint density at radius 2 is 1.83 bits per heavy atom. The maximum absolute atomic E-state index is 13.1. The topological polar surface area (TPSA) is 125 Å². The summed E-state index contributed by atoms with van der Waals surface area (Å²) in [5.41, 5.74) is 0.692. The van der Waals surface area contributed by atoms with E-state index in [1.54, 1.807) is 24.3 Å². The minimum atomic E-state index is -1.68. The van der Waals surface area contributed by atoms with Gasteiger partial charge in [0.05, 0.1) is 11.4 Å². The van der Waals surface area contributed by atoms with Gasteiger partial charge in [0.1, 0.15) is 35.4 Å². The Bertz CT molecular complexity index is 1110. The van der Waals surface area contributed by atoms with E-state index in [1.807, 2.05) is 0 Å². The van der Waals surface area contributed by atoms with Crippen LogP contribution in [-0.4, -0.2) is 63.2 Å². The summed E-state index contributed by atoms with van der Waals surface area (Å²) in [5, 5.41) is 15.6. The van der Waals surface area contributed by atoms with Crippen molar-refractivity contribution in [3.63, 3.8) is 0 Å². The van der Waals surface area contributed by atoms with Gasteiger partial charge >= 0.3 is 5.97 Å². The normalized spacial score (nSPS) is 17.2. The second-order valence-electron chi connectivity index (χ2n) is 8.23. The SMILES string of the molecule is CC(=O)NCCOc1ccc(C[C@H](NC(=O)[C@@H]2CCCN2S(=O)c2cc(Cl)cc(Cl)c2)C(=O)O)cc1. The number of halogens is 2. The van der Waals surface area contributed by atoms with Crippen LogP contribution in [0.2, 0.25) is 10.0 Å². The van der Waals surface area contributed by atoms with Crippen LogP contribution in [0.15, 0.2) is 47.4 Å². The first kappa shape index (κ1) is 27.9. The molecule has 1 saturated heterocycles. The smallest absolute Gasteiger partial charge is 0.326 e. The Hall–Kier alpha value is -2.66. The second-order valence-corrected chi connectivity index (χ2v) is 10.5. The third-order valence-electron chi connectivity index (χ3n) is 5.48. The number of nitrogens with zero attached hydrogens (tertiary/aromatic N) is 1. The Morgan fingerprint density at radius 1 is 1.17 bits per heavy atom. The number of carbonyl (C=O) groups excluding carboxylic acids is 2. The van der Waals surface area contributed by atoms with Gasteiger partial charge in [-0.2, -0.15) is 0 Å². The number of carbonyl (C=O) groups is 3. The molecule has 3 atom stereocenters. The summed E-state index contributed by atoms with van der Waals surface area (Å²) in [7, 11) is -1.68. The Labute approximate surface area is 221 Å². The Kier molecular flexibility index (Phi) is 10.1. The molecule has 2 aromatic rings.